The largest absolute Gasteiger partial charge is 0.506 e. The quantitative estimate of drug-likeness (QED) is 0.0341. The van der Waals surface area contributed by atoms with Gasteiger partial charge in [0.05, 0.1) is 22.8 Å². The number of benzene rings is 8. The van der Waals surface area contributed by atoms with Crippen LogP contribution in [0, 0.1) is 0 Å². The Balaban J connectivity index is 0.739. The van der Waals surface area contributed by atoms with E-state index in [4.69, 9.17) is 9.97 Å². The molecule has 6 nitrogen and oxygen atoms in total. The molecule has 0 fully saturated rings. The second-order valence-electron chi connectivity index (χ2n) is 34.7. The lowest BCUT2D eigenvalue weighted by molar-refractivity contribution is 0.398. The van der Waals surface area contributed by atoms with Gasteiger partial charge in [-0.05, 0) is 230 Å². The van der Waals surface area contributed by atoms with Crippen molar-refractivity contribution < 1.29 is 5.11 Å². The van der Waals surface area contributed by atoms with Crippen molar-refractivity contribution >= 4 is 79.9 Å². The molecule has 0 amide bonds. The zero-order valence-electron chi connectivity index (χ0n) is 71.3. The highest BCUT2D eigenvalue weighted by atomic mass is 32.1. The Hall–Kier alpha value is -11.0. The van der Waals surface area contributed by atoms with Crippen LogP contribution < -0.4 is 0 Å². The van der Waals surface area contributed by atoms with E-state index in [1.165, 1.54) is 235 Å². The van der Waals surface area contributed by atoms with Gasteiger partial charge in [-0.2, -0.15) is 0 Å². The average molecular weight is 1620 g/mol. The summed E-state index contributed by atoms with van der Waals surface area (Å²) in [5, 5.41) is 12.0. The number of phenolic OH excluding ortho intramolecular Hbond substituents is 1. The molecule has 8 bridgehead atoms. The summed E-state index contributed by atoms with van der Waals surface area (Å²) in [6.07, 6.45) is 45.4. The number of aromatic nitrogens is 5. The molecular weight excluding hydrogens is 1510 g/mol. The molecule has 4 aliphatic rings. The van der Waals surface area contributed by atoms with Gasteiger partial charge in [0.15, 0.2) is 0 Å². The molecule has 0 radical (unpaired) electrons. The van der Waals surface area contributed by atoms with Crippen LogP contribution in [0.5, 0.6) is 5.75 Å². The number of phenols is 1. The van der Waals surface area contributed by atoms with Crippen molar-refractivity contribution in [3.63, 3.8) is 0 Å². The number of rotatable bonds is 36. The minimum Gasteiger partial charge on any atom is -0.506 e. The van der Waals surface area contributed by atoms with Crippen LogP contribution in [0.15, 0.2) is 243 Å². The zero-order valence-corrected chi connectivity index (χ0v) is 72.9. The summed E-state index contributed by atoms with van der Waals surface area (Å²) in [6.45, 7) is 9.33. The zero-order chi connectivity index (χ0) is 82.1. The Labute approximate surface area is 725 Å². The van der Waals surface area contributed by atoms with E-state index in [0.29, 0.717) is 5.52 Å². The SMILES string of the molecule is CCCCCCCCC1(CCCCCCCC)c2cc(-c3ccc(-c4ccc(-c5ccc6c(c5)C(CCCCCCCC)(CCCCCCCC)c5cc(-c7ccc(O)c8ncccc78)ccc5-6)s4)s3)ccc2-c2ccc(-c3c4nc(c(-c5ccccc5)c5ccc([nH]5)c(-c5ccccc5)c5nc(c(-c6ccccc6)c6ccc3[nH]6)C=C5)C=C4)cc21. The molecule has 2 aliphatic carbocycles. The van der Waals surface area contributed by atoms with E-state index in [1.54, 1.807) is 6.20 Å². The first kappa shape index (κ1) is 81.0. The van der Waals surface area contributed by atoms with Crippen molar-refractivity contribution in [3.05, 3.63) is 288 Å². The summed E-state index contributed by atoms with van der Waals surface area (Å²) < 4.78 is 0. The molecule has 0 unspecified atom stereocenters. The fraction of sp³-hybridized carbons (Fsp3) is 0.301. The van der Waals surface area contributed by atoms with Crippen LogP contribution in [0.4, 0.5) is 0 Å². The molecule has 8 heterocycles. The van der Waals surface area contributed by atoms with E-state index in [0.717, 1.165) is 126 Å². The van der Waals surface area contributed by atoms with Gasteiger partial charge >= 0.3 is 0 Å². The summed E-state index contributed by atoms with van der Waals surface area (Å²) in [4.78, 5) is 29.5. The predicted octanol–water partition coefficient (Wildman–Crippen LogP) is 33.9. The van der Waals surface area contributed by atoms with Crippen molar-refractivity contribution in [1.82, 2.24) is 24.9 Å². The first-order valence-corrected chi connectivity index (χ1v) is 47.6. The van der Waals surface area contributed by atoms with Gasteiger partial charge in [0.25, 0.3) is 0 Å². The number of aromatic hydroxyl groups is 1. The van der Waals surface area contributed by atoms with Crippen LogP contribution in [0.3, 0.4) is 0 Å². The molecule has 121 heavy (non-hydrogen) atoms. The molecule has 8 aromatic carbocycles. The van der Waals surface area contributed by atoms with Crippen LogP contribution in [0.25, 0.3) is 166 Å². The van der Waals surface area contributed by atoms with Gasteiger partial charge in [-0.25, -0.2) is 9.97 Å². The minimum absolute atomic E-state index is 0.125. The van der Waals surface area contributed by atoms with E-state index in [9.17, 15) is 5.11 Å². The van der Waals surface area contributed by atoms with Crippen molar-refractivity contribution in [1.29, 1.82) is 0 Å². The second-order valence-corrected chi connectivity index (χ2v) is 36.9. The summed E-state index contributed by atoms with van der Waals surface area (Å²) >= 11 is 3.91. The van der Waals surface area contributed by atoms with Crippen LogP contribution in [0.2, 0.25) is 0 Å². The summed E-state index contributed by atoms with van der Waals surface area (Å²) in [5.41, 5.74) is 33.1. The molecule has 0 atom stereocenters. The number of fused-ring (bicyclic) bond motifs is 15. The Morgan fingerprint density at radius 1 is 0.281 bits per heavy atom. The highest BCUT2D eigenvalue weighted by Crippen LogP contribution is 2.59. The van der Waals surface area contributed by atoms with E-state index in [2.05, 4.69) is 291 Å². The Kier molecular flexibility index (Phi) is 24.9. The monoisotopic (exact) mass is 1620 g/mol. The average Bonchev–Trinajstić information content (AvgIpc) is 1.56. The normalized spacial score (nSPS) is 13.3. The molecule has 0 saturated heterocycles. The summed E-state index contributed by atoms with van der Waals surface area (Å²) in [6, 6.07) is 89.0. The minimum atomic E-state index is -0.219. The fourth-order valence-corrected chi connectivity index (χ4v) is 22.8. The van der Waals surface area contributed by atoms with Crippen molar-refractivity contribution in [2.24, 2.45) is 0 Å². The molecule has 8 heteroatoms. The molecule has 0 saturated carbocycles. The topological polar surface area (TPSA) is 90.5 Å². The van der Waals surface area contributed by atoms with Gasteiger partial charge in [-0.1, -0.05) is 327 Å². The molecule has 2 aliphatic heterocycles. The summed E-state index contributed by atoms with van der Waals surface area (Å²) in [7, 11) is 0. The molecule has 610 valence electrons. The number of aromatic amines is 2. The van der Waals surface area contributed by atoms with E-state index < -0.39 is 0 Å². The van der Waals surface area contributed by atoms with Gasteiger partial charge < -0.3 is 15.1 Å². The number of nitrogens with one attached hydrogen (secondary N) is 2. The van der Waals surface area contributed by atoms with Gasteiger partial charge in [-0.3, -0.25) is 4.98 Å². The van der Waals surface area contributed by atoms with Crippen LogP contribution in [0.1, 0.15) is 253 Å². The van der Waals surface area contributed by atoms with Crippen molar-refractivity contribution in [3.8, 4) is 114 Å². The number of hydrogen-bond donors (Lipinski definition) is 3. The first-order valence-electron chi connectivity index (χ1n) is 45.9. The molecule has 0 spiro atoms. The Bertz CT molecular complexity index is 6200. The lowest BCUT2D eigenvalue weighted by Gasteiger charge is -2.33. The summed E-state index contributed by atoms with van der Waals surface area (Å²) in [5.74, 6) is 0.225. The first-order chi connectivity index (χ1) is 59.7. The lowest BCUT2D eigenvalue weighted by Crippen LogP contribution is -2.25. The van der Waals surface area contributed by atoms with Crippen LogP contribution in [-0.4, -0.2) is 30.0 Å². The third-order valence-electron chi connectivity index (χ3n) is 26.9. The third kappa shape index (κ3) is 16.5. The second kappa shape index (κ2) is 37.1. The number of unbranched alkanes of at least 4 members (excludes halogenated alkanes) is 20. The van der Waals surface area contributed by atoms with Gasteiger partial charge in [-0.15, -0.1) is 22.7 Å². The lowest BCUT2D eigenvalue weighted by atomic mass is 9.70. The molecule has 14 aromatic rings. The highest BCUT2D eigenvalue weighted by Gasteiger charge is 2.45. The number of H-pyrrole nitrogens is 2. The van der Waals surface area contributed by atoms with E-state index >= 15 is 0 Å². The standard InChI is InChI=1S/C113H115N5OS2/c1-5-9-13-17-21-34-68-112(69-35-22-18-14-10-6-2)90-73-80(84-54-63-102(119)111-89(84)45-38-72-114-111)46-50-85(90)86-51-47-81(74-91(86)112)103-64-66-105(120-103)106-67-65-104(121-106)82-48-52-87-88-53-49-83(76-93(88)113(92(87)75-82,70-36-23-19-15-11-7-3)71-37-24-20-16-12-8-4)110-100-61-59-98(117-100)108(78-41-30-26-31-42-78)96-57-55-94(115-96)107(77-39-28-25-29-40-77)95-56-58-97(116-95)109(79-43-32-27-33-44-79)99-60-62-101(110)118-99/h25-33,38-67,72-76,115,118-119H,5-24,34-37,68-71H2,1-4H3. The maximum atomic E-state index is 11.1. The molecule has 18 rings (SSSR count). The van der Waals surface area contributed by atoms with Gasteiger partial charge in [0.2, 0.25) is 0 Å². The third-order valence-corrected chi connectivity index (χ3v) is 29.3. The number of nitrogens with zero attached hydrogens (tertiary/aromatic N) is 3. The Morgan fingerprint density at radius 3 is 0.975 bits per heavy atom. The predicted molar refractivity (Wildman–Crippen MR) is 519 cm³/mol. The van der Waals surface area contributed by atoms with Crippen molar-refractivity contribution in [2.45, 2.75) is 218 Å². The number of thiophene rings is 2. The van der Waals surface area contributed by atoms with Gasteiger partial charge in [0.1, 0.15) is 11.3 Å². The smallest absolute Gasteiger partial charge is 0.141 e. The van der Waals surface area contributed by atoms with Crippen LogP contribution >= 0.6 is 22.7 Å². The number of hydrogen-bond acceptors (Lipinski definition) is 6. The van der Waals surface area contributed by atoms with Crippen molar-refractivity contribution in [2.75, 3.05) is 0 Å². The number of pyridine rings is 1. The Morgan fingerprint density at radius 2 is 0.595 bits per heavy atom. The van der Waals surface area contributed by atoms with Crippen LogP contribution in [-0.2, 0) is 10.8 Å². The molecular formula is C113H115N5OS2. The maximum absolute atomic E-state index is 11.1. The fourth-order valence-electron chi connectivity index (χ4n) is 20.7. The maximum Gasteiger partial charge on any atom is 0.141 e. The van der Waals surface area contributed by atoms with Gasteiger partial charge in [0, 0.05) is 86.2 Å². The molecule has 6 aromatic heterocycles. The highest BCUT2D eigenvalue weighted by molar-refractivity contribution is 7.25. The van der Waals surface area contributed by atoms with E-state index in [-0.39, 0.29) is 16.6 Å². The van der Waals surface area contributed by atoms with E-state index in [1.807, 2.05) is 34.8 Å². The molecule has 3 N–H and O–H groups in total.